The van der Waals surface area contributed by atoms with Crippen molar-refractivity contribution in [3.8, 4) is 5.75 Å². The van der Waals surface area contributed by atoms with Gasteiger partial charge < -0.3 is 19.5 Å². The van der Waals surface area contributed by atoms with Crippen molar-refractivity contribution < 1.29 is 9.26 Å². The van der Waals surface area contributed by atoms with E-state index in [0.717, 1.165) is 43.3 Å². The number of nitrogens with one attached hydrogen (secondary N) is 1. The van der Waals surface area contributed by atoms with E-state index in [2.05, 4.69) is 20.4 Å². The first-order valence-electron chi connectivity index (χ1n) is 7.91. The highest BCUT2D eigenvalue weighted by Gasteiger charge is 2.22. The van der Waals surface area contributed by atoms with Crippen LogP contribution in [0.4, 0.5) is 0 Å². The molecule has 0 spiro atoms. The van der Waals surface area contributed by atoms with Gasteiger partial charge in [0.25, 0.3) is 0 Å². The van der Waals surface area contributed by atoms with E-state index in [9.17, 15) is 0 Å². The van der Waals surface area contributed by atoms with Crippen LogP contribution in [0, 0.1) is 0 Å². The molecule has 0 unspecified atom stereocenters. The predicted molar refractivity (Wildman–Crippen MR) is 88.4 cm³/mol. The van der Waals surface area contributed by atoms with Gasteiger partial charge in [0, 0.05) is 39.0 Å². The number of hydrogen-bond donors (Lipinski definition) is 1. The fourth-order valence-corrected chi connectivity index (χ4v) is 2.71. The van der Waals surface area contributed by atoms with Crippen molar-refractivity contribution in [3.05, 3.63) is 48.4 Å². The van der Waals surface area contributed by atoms with Crippen molar-refractivity contribution in [1.29, 1.82) is 0 Å². The molecular formula is C17H22N4O2. The Balaban J connectivity index is 1.47. The summed E-state index contributed by atoms with van der Waals surface area (Å²) in [7, 11) is 1.80. The summed E-state index contributed by atoms with van der Waals surface area (Å²) >= 11 is 0. The van der Waals surface area contributed by atoms with E-state index in [1.54, 1.807) is 13.3 Å². The minimum Gasteiger partial charge on any atom is -0.490 e. The second-order valence-corrected chi connectivity index (χ2v) is 5.51. The summed E-state index contributed by atoms with van der Waals surface area (Å²) in [6.07, 6.45) is 3.81. The van der Waals surface area contributed by atoms with E-state index in [1.165, 1.54) is 0 Å². The van der Waals surface area contributed by atoms with Gasteiger partial charge in [0.2, 0.25) is 0 Å². The summed E-state index contributed by atoms with van der Waals surface area (Å²) in [6.45, 7) is 2.47. The van der Waals surface area contributed by atoms with E-state index in [1.807, 2.05) is 36.4 Å². The smallest absolute Gasteiger partial charge is 0.193 e. The standard InChI is InChI=1S/C17H22N4O2/c1-18-17(19-13-14-9-12-22-20-14)21-10-7-16(8-11-21)23-15-5-3-2-4-6-15/h2-6,9,12,16H,7-8,10-11,13H2,1H3,(H,18,19). The fourth-order valence-electron chi connectivity index (χ4n) is 2.71. The van der Waals surface area contributed by atoms with Crippen LogP contribution in [-0.4, -0.2) is 42.3 Å². The van der Waals surface area contributed by atoms with Crippen LogP contribution in [0.3, 0.4) is 0 Å². The Labute approximate surface area is 136 Å². The SMILES string of the molecule is CN=C(NCc1ccon1)N1CCC(Oc2ccccc2)CC1. The molecule has 23 heavy (non-hydrogen) atoms. The highest BCUT2D eigenvalue weighted by Crippen LogP contribution is 2.18. The molecule has 0 amide bonds. The first-order valence-corrected chi connectivity index (χ1v) is 7.91. The number of benzene rings is 1. The van der Waals surface area contributed by atoms with Crippen LogP contribution in [0.15, 0.2) is 52.2 Å². The number of guanidine groups is 1. The zero-order valence-electron chi connectivity index (χ0n) is 13.3. The Morgan fingerprint density at radius 2 is 2.09 bits per heavy atom. The van der Waals surface area contributed by atoms with Crippen LogP contribution >= 0.6 is 0 Å². The molecule has 0 radical (unpaired) electrons. The van der Waals surface area contributed by atoms with Crippen molar-refractivity contribution in [2.45, 2.75) is 25.5 Å². The molecule has 1 N–H and O–H groups in total. The van der Waals surface area contributed by atoms with E-state index in [-0.39, 0.29) is 6.10 Å². The van der Waals surface area contributed by atoms with E-state index >= 15 is 0 Å². The van der Waals surface area contributed by atoms with Crippen LogP contribution in [-0.2, 0) is 6.54 Å². The minimum atomic E-state index is 0.266. The highest BCUT2D eigenvalue weighted by molar-refractivity contribution is 5.79. The van der Waals surface area contributed by atoms with Gasteiger partial charge in [-0.2, -0.15) is 0 Å². The number of aromatic nitrogens is 1. The normalized spacial score (nSPS) is 16.4. The maximum atomic E-state index is 6.03. The van der Waals surface area contributed by atoms with Gasteiger partial charge in [-0.15, -0.1) is 0 Å². The predicted octanol–water partition coefficient (Wildman–Crippen LogP) is 2.29. The lowest BCUT2D eigenvalue weighted by molar-refractivity contribution is 0.129. The number of nitrogens with zero attached hydrogens (tertiary/aromatic N) is 3. The van der Waals surface area contributed by atoms with Gasteiger partial charge in [0.15, 0.2) is 5.96 Å². The molecule has 6 heteroatoms. The maximum Gasteiger partial charge on any atom is 0.193 e. The monoisotopic (exact) mass is 314 g/mol. The molecule has 6 nitrogen and oxygen atoms in total. The molecule has 2 heterocycles. The van der Waals surface area contributed by atoms with Gasteiger partial charge in [-0.25, -0.2) is 0 Å². The Morgan fingerprint density at radius 1 is 1.30 bits per heavy atom. The third kappa shape index (κ3) is 4.25. The second kappa shape index (κ2) is 7.67. The number of para-hydroxylation sites is 1. The van der Waals surface area contributed by atoms with Gasteiger partial charge in [0.1, 0.15) is 23.8 Å². The molecule has 1 aliphatic rings. The largest absolute Gasteiger partial charge is 0.490 e. The topological polar surface area (TPSA) is 62.9 Å². The van der Waals surface area contributed by atoms with Gasteiger partial charge in [0.05, 0.1) is 6.54 Å². The Bertz CT molecular complexity index is 605. The fraction of sp³-hybridized carbons (Fsp3) is 0.412. The first-order chi connectivity index (χ1) is 11.3. The zero-order valence-corrected chi connectivity index (χ0v) is 13.3. The summed E-state index contributed by atoms with van der Waals surface area (Å²) in [4.78, 5) is 6.61. The van der Waals surface area contributed by atoms with Crippen LogP contribution < -0.4 is 10.1 Å². The molecule has 0 saturated carbocycles. The molecule has 0 aliphatic carbocycles. The van der Waals surface area contributed by atoms with Gasteiger partial charge in [-0.1, -0.05) is 23.4 Å². The van der Waals surface area contributed by atoms with Crippen molar-refractivity contribution in [3.63, 3.8) is 0 Å². The molecule has 2 aromatic rings. The summed E-state index contributed by atoms with van der Waals surface area (Å²) in [5, 5.41) is 7.21. The lowest BCUT2D eigenvalue weighted by atomic mass is 10.1. The third-order valence-corrected chi connectivity index (χ3v) is 3.92. The molecule has 1 saturated heterocycles. The number of ether oxygens (including phenoxy) is 1. The first kappa shape index (κ1) is 15.4. The molecule has 1 aromatic heterocycles. The van der Waals surface area contributed by atoms with Crippen molar-refractivity contribution in [2.24, 2.45) is 4.99 Å². The maximum absolute atomic E-state index is 6.03. The summed E-state index contributed by atoms with van der Waals surface area (Å²) in [6, 6.07) is 11.9. The Morgan fingerprint density at radius 3 is 2.74 bits per heavy atom. The highest BCUT2D eigenvalue weighted by atomic mass is 16.5. The average molecular weight is 314 g/mol. The lowest BCUT2D eigenvalue weighted by Gasteiger charge is -2.34. The number of piperidine rings is 1. The lowest BCUT2D eigenvalue weighted by Crippen LogP contribution is -2.47. The van der Waals surface area contributed by atoms with Crippen LogP contribution in [0.5, 0.6) is 5.75 Å². The van der Waals surface area contributed by atoms with Crippen LogP contribution in [0.25, 0.3) is 0 Å². The minimum absolute atomic E-state index is 0.266. The number of likely N-dealkylation sites (tertiary alicyclic amines) is 1. The molecule has 1 aromatic carbocycles. The van der Waals surface area contributed by atoms with Crippen molar-refractivity contribution in [2.75, 3.05) is 20.1 Å². The van der Waals surface area contributed by atoms with Crippen molar-refractivity contribution in [1.82, 2.24) is 15.4 Å². The molecular weight excluding hydrogens is 292 g/mol. The summed E-state index contributed by atoms with van der Waals surface area (Å²) in [5.41, 5.74) is 0.869. The van der Waals surface area contributed by atoms with Gasteiger partial charge in [-0.3, -0.25) is 4.99 Å². The van der Waals surface area contributed by atoms with E-state index in [0.29, 0.717) is 6.54 Å². The number of rotatable bonds is 4. The van der Waals surface area contributed by atoms with E-state index < -0.39 is 0 Å². The average Bonchev–Trinajstić information content (AvgIpc) is 3.11. The van der Waals surface area contributed by atoms with E-state index in [4.69, 9.17) is 9.26 Å². The Hall–Kier alpha value is -2.50. The van der Waals surface area contributed by atoms with Crippen LogP contribution in [0.1, 0.15) is 18.5 Å². The van der Waals surface area contributed by atoms with Gasteiger partial charge >= 0.3 is 0 Å². The molecule has 122 valence electrons. The summed E-state index contributed by atoms with van der Waals surface area (Å²) in [5.74, 6) is 1.84. The molecule has 1 aliphatic heterocycles. The summed E-state index contributed by atoms with van der Waals surface area (Å²) < 4.78 is 10.9. The Kier molecular flexibility index (Phi) is 5.13. The number of aliphatic imine (C=N–C) groups is 1. The quantitative estimate of drug-likeness (QED) is 0.693. The van der Waals surface area contributed by atoms with Crippen LogP contribution in [0.2, 0.25) is 0 Å². The zero-order chi connectivity index (χ0) is 15.9. The molecule has 1 fully saturated rings. The van der Waals surface area contributed by atoms with Gasteiger partial charge in [-0.05, 0) is 12.1 Å². The second-order valence-electron chi connectivity index (χ2n) is 5.51. The molecule has 0 bridgehead atoms. The third-order valence-electron chi connectivity index (χ3n) is 3.92. The molecule has 3 rings (SSSR count). The molecule has 0 atom stereocenters. The van der Waals surface area contributed by atoms with Crippen molar-refractivity contribution >= 4 is 5.96 Å². The number of hydrogen-bond acceptors (Lipinski definition) is 4.